The summed E-state index contributed by atoms with van der Waals surface area (Å²) in [4.78, 5) is 21.2. The number of hydrogen-bond acceptors (Lipinski definition) is 5. The summed E-state index contributed by atoms with van der Waals surface area (Å²) in [6.45, 7) is 3.80. The van der Waals surface area contributed by atoms with E-state index in [1.807, 2.05) is 4.90 Å². The minimum atomic E-state index is -3.95. The highest BCUT2D eigenvalue weighted by Crippen LogP contribution is 2.25. The second-order valence-corrected chi connectivity index (χ2v) is 9.77. The van der Waals surface area contributed by atoms with E-state index >= 15 is 0 Å². The number of piperazine rings is 1. The molecular formula is C23H22ClFN4O3S. The molecule has 0 spiro atoms. The number of rotatable bonds is 5. The number of pyridine rings is 1. The van der Waals surface area contributed by atoms with Gasteiger partial charge in [-0.05, 0) is 61.0 Å². The van der Waals surface area contributed by atoms with Gasteiger partial charge in [0.1, 0.15) is 11.6 Å². The van der Waals surface area contributed by atoms with E-state index in [1.54, 1.807) is 36.2 Å². The number of amides is 1. The van der Waals surface area contributed by atoms with Gasteiger partial charge in [0.25, 0.3) is 15.9 Å². The smallest absolute Gasteiger partial charge is 0.261 e. The third-order valence-electron chi connectivity index (χ3n) is 5.45. The van der Waals surface area contributed by atoms with Crippen molar-refractivity contribution in [2.45, 2.75) is 11.8 Å². The Bertz CT molecular complexity index is 1280. The van der Waals surface area contributed by atoms with Crippen LogP contribution in [0.4, 0.5) is 15.9 Å². The molecule has 1 aliphatic heterocycles. The molecule has 0 atom stereocenters. The molecule has 1 fully saturated rings. The quantitative estimate of drug-likeness (QED) is 0.588. The summed E-state index contributed by atoms with van der Waals surface area (Å²) in [5, 5.41) is 0.555. The number of halogens is 2. The van der Waals surface area contributed by atoms with E-state index in [4.69, 9.17) is 11.6 Å². The summed E-state index contributed by atoms with van der Waals surface area (Å²) in [5.41, 5.74) is 1.23. The summed E-state index contributed by atoms with van der Waals surface area (Å²) in [6, 6.07) is 13.0. The number of carbonyl (C=O) groups is 1. The Morgan fingerprint density at radius 3 is 2.42 bits per heavy atom. The first-order chi connectivity index (χ1) is 15.7. The topological polar surface area (TPSA) is 82.6 Å². The van der Waals surface area contributed by atoms with Crippen LogP contribution < -0.4 is 9.62 Å². The van der Waals surface area contributed by atoms with E-state index in [0.29, 0.717) is 48.1 Å². The number of hydrogen-bond donors (Lipinski definition) is 1. The molecule has 0 saturated carbocycles. The van der Waals surface area contributed by atoms with Gasteiger partial charge >= 0.3 is 0 Å². The third-order valence-corrected chi connectivity index (χ3v) is 7.13. The molecule has 1 aromatic heterocycles. The first-order valence-corrected chi connectivity index (χ1v) is 12.1. The second-order valence-electron chi connectivity index (χ2n) is 7.68. The Morgan fingerprint density at radius 2 is 1.76 bits per heavy atom. The van der Waals surface area contributed by atoms with E-state index in [2.05, 4.69) is 9.71 Å². The van der Waals surface area contributed by atoms with Crippen molar-refractivity contribution in [1.29, 1.82) is 0 Å². The van der Waals surface area contributed by atoms with E-state index in [-0.39, 0.29) is 16.5 Å². The van der Waals surface area contributed by atoms with Crippen molar-refractivity contribution < 1.29 is 17.6 Å². The van der Waals surface area contributed by atoms with Crippen molar-refractivity contribution >= 4 is 39.0 Å². The van der Waals surface area contributed by atoms with Crippen molar-refractivity contribution in [1.82, 2.24) is 9.88 Å². The maximum atomic E-state index is 13.2. The van der Waals surface area contributed by atoms with E-state index in [9.17, 15) is 17.6 Å². The van der Waals surface area contributed by atoms with E-state index < -0.39 is 15.8 Å². The van der Waals surface area contributed by atoms with Crippen LogP contribution in [0, 0.1) is 12.7 Å². The zero-order valence-electron chi connectivity index (χ0n) is 17.8. The van der Waals surface area contributed by atoms with Gasteiger partial charge in [-0.2, -0.15) is 0 Å². The van der Waals surface area contributed by atoms with Crippen molar-refractivity contribution in [3.8, 4) is 0 Å². The molecule has 2 heterocycles. The van der Waals surface area contributed by atoms with E-state index in [0.717, 1.165) is 0 Å². The van der Waals surface area contributed by atoms with Crippen molar-refractivity contribution in [2.24, 2.45) is 0 Å². The lowest BCUT2D eigenvalue weighted by Gasteiger charge is -2.36. The average Bonchev–Trinajstić information content (AvgIpc) is 2.81. The zero-order chi connectivity index (χ0) is 23.6. The van der Waals surface area contributed by atoms with Crippen molar-refractivity contribution in [3.63, 3.8) is 0 Å². The SMILES string of the molecule is Cc1ccc(S(=O)(=O)Nc2ccc(F)cc2)cc1C(=O)N1CCN(c2ncccc2Cl)CC1. The van der Waals surface area contributed by atoms with Gasteiger partial charge in [0.05, 0.1) is 9.92 Å². The number of carbonyl (C=O) groups excluding carboxylic acids is 1. The van der Waals surface area contributed by atoms with Crippen LogP contribution in [0.1, 0.15) is 15.9 Å². The molecule has 172 valence electrons. The van der Waals surface area contributed by atoms with Crippen molar-refractivity contribution in [3.05, 3.63) is 82.8 Å². The molecule has 2 aromatic carbocycles. The van der Waals surface area contributed by atoms with Gasteiger partial charge in [-0.15, -0.1) is 0 Å². The highest BCUT2D eigenvalue weighted by molar-refractivity contribution is 7.92. The summed E-state index contributed by atoms with van der Waals surface area (Å²) in [6.07, 6.45) is 1.67. The Kier molecular flexibility index (Phi) is 6.53. The fourth-order valence-corrected chi connectivity index (χ4v) is 4.96. The Balaban J connectivity index is 1.50. The number of aromatic nitrogens is 1. The number of nitrogens with zero attached hydrogens (tertiary/aromatic N) is 3. The molecule has 7 nitrogen and oxygen atoms in total. The lowest BCUT2D eigenvalue weighted by atomic mass is 10.1. The molecule has 1 N–H and O–H groups in total. The first-order valence-electron chi connectivity index (χ1n) is 10.3. The van der Waals surface area contributed by atoms with Crippen LogP contribution in [0.2, 0.25) is 5.02 Å². The number of anilines is 2. The third kappa shape index (κ3) is 5.09. The molecule has 10 heteroatoms. The maximum absolute atomic E-state index is 13.2. The van der Waals surface area contributed by atoms with Gasteiger partial charge in [-0.25, -0.2) is 17.8 Å². The lowest BCUT2D eigenvalue weighted by molar-refractivity contribution is 0.0745. The Labute approximate surface area is 196 Å². The predicted molar refractivity (Wildman–Crippen MR) is 126 cm³/mol. The fraction of sp³-hybridized carbons (Fsp3) is 0.217. The molecule has 0 bridgehead atoms. The minimum Gasteiger partial charge on any atom is -0.352 e. The van der Waals surface area contributed by atoms with Crippen LogP contribution in [-0.4, -0.2) is 50.4 Å². The lowest BCUT2D eigenvalue weighted by Crippen LogP contribution is -2.49. The molecule has 4 rings (SSSR count). The fourth-order valence-electron chi connectivity index (χ4n) is 3.63. The standard InChI is InChI=1S/C23H22ClFN4O3S/c1-16-4-9-19(33(31,32)27-18-7-5-17(25)6-8-18)15-20(16)23(30)29-13-11-28(12-14-29)22-21(24)3-2-10-26-22/h2-10,15,27H,11-14H2,1H3. The maximum Gasteiger partial charge on any atom is 0.261 e. The molecule has 0 radical (unpaired) electrons. The van der Waals surface area contributed by atoms with Crippen LogP contribution in [0.3, 0.4) is 0 Å². The Hall–Kier alpha value is -3.17. The molecule has 0 unspecified atom stereocenters. The largest absolute Gasteiger partial charge is 0.352 e. The average molecular weight is 489 g/mol. The number of nitrogens with one attached hydrogen (secondary N) is 1. The van der Waals surface area contributed by atoms with Crippen LogP contribution in [0.5, 0.6) is 0 Å². The first kappa shape index (κ1) is 23.0. The van der Waals surface area contributed by atoms with Gasteiger partial charge < -0.3 is 9.80 Å². The van der Waals surface area contributed by atoms with Gasteiger partial charge in [-0.1, -0.05) is 17.7 Å². The van der Waals surface area contributed by atoms with Gasteiger partial charge in [-0.3, -0.25) is 9.52 Å². The monoisotopic (exact) mass is 488 g/mol. The van der Waals surface area contributed by atoms with Gasteiger partial charge in [0, 0.05) is 43.6 Å². The van der Waals surface area contributed by atoms with Crippen molar-refractivity contribution in [2.75, 3.05) is 35.8 Å². The van der Waals surface area contributed by atoms with E-state index in [1.165, 1.54) is 36.4 Å². The van der Waals surface area contributed by atoms with Crippen LogP contribution in [0.15, 0.2) is 65.7 Å². The molecule has 33 heavy (non-hydrogen) atoms. The van der Waals surface area contributed by atoms with Gasteiger partial charge in [0.15, 0.2) is 0 Å². The van der Waals surface area contributed by atoms with Crippen LogP contribution >= 0.6 is 11.6 Å². The number of aryl methyl sites for hydroxylation is 1. The Morgan fingerprint density at radius 1 is 1.06 bits per heavy atom. The predicted octanol–water partition coefficient (Wildman–Crippen LogP) is 3.95. The number of benzene rings is 2. The normalized spacial score (nSPS) is 14.3. The second kappa shape index (κ2) is 9.36. The summed E-state index contributed by atoms with van der Waals surface area (Å²) in [5.74, 6) is -0.0212. The summed E-state index contributed by atoms with van der Waals surface area (Å²) >= 11 is 6.23. The van der Waals surface area contributed by atoms with Crippen LogP contribution in [0.25, 0.3) is 0 Å². The van der Waals surface area contributed by atoms with Crippen LogP contribution in [-0.2, 0) is 10.0 Å². The minimum absolute atomic E-state index is 0.0420. The molecular weight excluding hydrogens is 467 g/mol. The number of sulfonamides is 1. The van der Waals surface area contributed by atoms with Gasteiger partial charge in [0.2, 0.25) is 0 Å². The molecule has 1 amide bonds. The molecule has 1 aliphatic rings. The molecule has 0 aliphatic carbocycles. The zero-order valence-corrected chi connectivity index (χ0v) is 19.4. The summed E-state index contributed by atoms with van der Waals surface area (Å²) in [7, 11) is -3.95. The molecule has 3 aromatic rings. The molecule has 1 saturated heterocycles. The summed E-state index contributed by atoms with van der Waals surface area (Å²) < 4.78 is 41.2. The highest BCUT2D eigenvalue weighted by Gasteiger charge is 2.26. The highest BCUT2D eigenvalue weighted by atomic mass is 35.5.